The smallest absolute Gasteiger partial charge is 0.0732 e. The van der Waals surface area contributed by atoms with Gasteiger partial charge >= 0.3 is 0 Å². The topological polar surface area (TPSA) is 12.4 Å². The molecule has 0 fully saturated rings. The number of hydrogen-bond donors (Lipinski definition) is 0. The molecule has 0 saturated carbocycles. The Balaban J connectivity index is 2.65. The van der Waals surface area contributed by atoms with Crippen molar-refractivity contribution in [3.05, 3.63) is 46.9 Å². The second kappa shape index (κ2) is 5.13. The second-order valence-corrected chi connectivity index (χ2v) is 4.52. The molecule has 1 aromatic rings. The summed E-state index contributed by atoms with van der Waals surface area (Å²) in [6.45, 7) is 8.62. The van der Waals surface area contributed by atoms with E-state index in [9.17, 15) is 0 Å². The van der Waals surface area contributed by atoms with E-state index in [1.165, 1.54) is 10.4 Å². The molecule has 0 unspecified atom stereocenters. The van der Waals surface area contributed by atoms with Crippen molar-refractivity contribution in [3.63, 3.8) is 0 Å². The summed E-state index contributed by atoms with van der Waals surface area (Å²) in [4.78, 5) is 4.59. The highest BCUT2D eigenvalue weighted by molar-refractivity contribution is 5.77. The van der Waals surface area contributed by atoms with Crippen LogP contribution in [-0.2, 0) is 0 Å². The van der Waals surface area contributed by atoms with Crippen LogP contribution < -0.4 is 10.4 Å². The lowest BCUT2D eigenvalue weighted by Gasteiger charge is -2.12. The van der Waals surface area contributed by atoms with Gasteiger partial charge in [0.25, 0.3) is 0 Å². The zero-order valence-corrected chi connectivity index (χ0v) is 10.6. The van der Waals surface area contributed by atoms with Crippen molar-refractivity contribution in [3.8, 4) is 0 Å². The molecule has 0 saturated heterocycles. The van der Waals surface area contributed by atoms with Gasteiger partial charge in [-0.05, 0) is 23.1 Å². The van der Waals surface area contributed by atoms with Gasteiger partial charge in [-0.3, -0.25) is 4.99 Å². The van der Waals surface area contributed by atoms with E-state index >= 15 is 0 Å². The summed E-state index contributed by atoms with van der Waals surface area (Å²) in [5.41, 5.74) is 2.20. The number of nitrogens with zero attached hydrogens (tertiary/aromatic N) is 1. The third kappa shape index (κ3) is 2.38. The molecule has 17 heavy (non-hydrogen) atoms. The fourth-order valence-corrected chi connectivity index (χ4v) is 2.02. The van der Waals surface area contributed by atoms with E-state index in [-0.39, 0.29) is 0 Å². The minimum atomic E-state index is 0.480. The molecule has 1 aromatic carbocycles. The molecule has 1 aliphatic heterocycles. The maximum atomic E-state index is 4.59. The molecule has 88 valence electrons. The maximum Gasteiger partial charge on any atom is 0.0732 e. The predicted octanol–water partition coefficient (Wildman–Crippen LogP) is 2.65. The lowest BCUT2D eigenvalue weighted by molar-refractivity contribution is 0.674. The van der Waals surface area contributed by atoms with Crippen LogP contribution in [0.4, 0.5) is 0 Å². The number of hydrogen-bond acceptors (Lipinski definition) is 1. The van der Waals surface area contributed by atoms with Gasteiger partial charge in [0.1, 0.15) is 0 Å². The number of aliphatic imine (C=N–C) groups is 1. The molecular formula is C16H19N. The highest BCUT2D eigenvalue weighted by atomic mass is 14.7. The second-order valence-electron chi connectivity index (χ2n) is 4.52. The highest BCUT2D eigenvalue weighted by Crippen LogP contribution is 2.21. The summed E-state index contributed by atoms with van der Waals surface area (Å²) in [6.07, 6.45) is 6.19. The fourth-order valence-electron chi connectivity index (χ4n) is 2.02. The van der Waals surface area contributed by atoms with Gasteiger partial charge in [-0.15, -0.1) is 0 Å². The van der Waals surface area contributed by atoms with Gasteiger partial charge in [0.05, 0.1) is 5.70 Å². The first kappa shape index (κ1) is 11.8. The molecule has 0 spiro atoms. The SMILES string of the molecule is C=C(C1=c2ccccc2=CCC=N1)[C@H](C)CC. The van der Waals surface area contributed by atoms with E-state index in [0.717, 1.165) is 24.1 Å². The molecule has 0 bridgehead atoms. The van der Waals surface area contributed by atoms with Gasteiger partial charge in [-0.1, -0.05) is 50.8 Å². The normalized spacial score (nSPS) is 15.8. The third-order valence-corrected chi connectivity index (χ3v) is 3.39. The van der Waals surface area contributed by atoms with Crippen molar-refractivity contribution in [1.29, 1.82) is 0 Å². The Morgan fingerprint density at radius 3 is 2.94 bits per heavy atom. The van der Waals surface area contributed by atoms with Crippen LogP contribution in [0.2, 0.25) is 0 Å². The lowest BCUT2D eigenvalue weighted by Crippen LogP contribution is -2.26. The number of fused-ring (bicyclic) bond motifs is 1. The summed E-state index contributed by atoms with van der Waals surface area (Å²) < 4.78 is 0. The minimum Gasteiger partial charge on any atom is -0.260 e. The van der Waals surface area contributed by atoms with Crippen LogP contribution in [0, 0.1) is 5.92 Å². The number of benzene rings is 1. The Labute approximate surface area is 103 Å². The monoisotopic (exact) mass is 225 g/mol. The first-order valence-corrected chi connectivity index (χ1v) is 6.25. The molecule has 0 amide bonds. The van der Waals surface area contributed by atoms with Crippen LogP contribution in [0.5, 0.6) is 0 Å². The van der Waals surface area contributed by atoms with Gasteiger partial charge in [0.15, 0.2) is 0 Å². The van der Waals surface area contributed by atoms with Crippen LogP contribution in [0.1, 0.15) is 26.7 Å². The van der Waals surface area contributed by atoms with Gasteiger partial charge in [-0.2, -0.15) is 0 Å². The molecule has 1 heterocycles. The van der Waals surface area contributed by atoms with Crippen LogP contribution in [-0.4, -0.2) is 6.21 Å². The van der Waals surface area contributed by atoms with Gasteiger partial charge in [0.2, 0.25) is 0 Å². The third-order valence-electron chi connectivity index (χ3n) is 3.39. The molecular weight excluding hydrogens is 206 g/mol. The van der Waals surface area contributed by atoms with Crippen molar-refractivity contribution in [2.45, 2.75) is 26.7 Å². The summed E-state index contributed by atoms with van der Waals surface area (Å²) in [6, 6.07) is 8.42. The van der Waals surface area contributed by atoms with Gasteiger partial charge in [0, 0.05) is 17.9 Å². The fraction of sp³-hybridized carbons (Fsp3) is 0.312. The molecule has 1 aliphatic rings. The van der Waals surface area contributed by atoms with E-state index in [2.05, 4.69) is 55.8 Å². The molecule has 1 atom stereocenters. The van der Waals surface area contributed by atoms with E-state index in [1.54, 1.807) is 0 Å². The Bertz CT molecular complexity index is 563. The van der Waals surface area contributed by atoms with Crippen molar-refractivity contribution >= 4 is 18.0 Å². The largest absolute Gasteiger partial charge is 0.260 e. The van der Waals surface area contributed by atoms with Crippen LogP contribution in [0.25, 0.3) is 11.8 Å². The van der Waals surface area contributed by atoms with Crippen molar-refractivity contribution in [2.75, 3.05) is 0 Å². The Morgan fingerprint density at radius 1 is 1.41 bits per heavy atom. The lowest BCUT2D eigenvalue weighted by atomic mass is 9.96. The zero-order valence-electron chi connectivity index (χ0n) is 10.6. The quantitative estimate of drug-likeness (QED) is 0.750. The zero-order chi connectivity index (χ0) is 12.3. The molecule has 0 aromatic heterocycles. The predicted molar refractivity (Wildman–Crippen MR) is 75.3 cm³/mol. The molecule has 2 rings (SSSR count). The first-order valence-electron chi connectivity index (χ1n) is 6.25. The molecule has 1 heteroatoms. The van der Waals surface area contributed by atoms with E-state index < -0.39 is 0 Å². The van der Waals surface area contributed by atoms with Crippen molar-refractivity contribution in [2.24, 2.45) is 10.9 Å². The minimum absolute atomic E-state index is 0.480. The van der Waals surface area contributed by atoms with Crippen LogP contribution in [0.3, 0.4) is 0 Å². The van der Waals surface area contributed by atoms with E-state index in [1.807, 2.05) is 6.21 Å². The molecule has 0 N–H and O–H groups in total. The highest BCUT2D eigenvalue weighted by Gasteiger charge is 2.10. The van der Waals surface area contributed by atoms with Crippen LogP contribution in [0.15, 0.2) is 41.4 Å². The number of rotatable bonds is 3. The summed E-state index contributed by atoms with van der Waals surface area (Å²) in [5, 5.41) is 2.48. The van der Waals surface area contributed by atoms with E-state index in [0.29, 0.717) is 5.92 Å². The van der Waals surface area contributed by atoms with Crippen molar-refractivity contribution < 1.29 is 0 Å². The molecule has 0 radical (unpaired) electrons. The van der Waals surface area contributed by atoms with Crippen molar-refractivity contribution in [1.82, 2.24) is 0 Å². The summed E-state index contributed by atoms with van der Waals surface area (Å²) >= 11 is 0. The molecule has 1 nitrogen and oxygen atoms in total. The summed E-state index contributed by atoms with van der Waals surface area (Å²) in [7, 11) is 0. The van der Waals surface area contributed by atoms with Gasteiger partial charge in [-0.25, -0.2) is 0 Å². The standard InChI is InChI=1S/C16H19N/c1-4-12(2)13(3)16-15-10-6-5-8-14(15)9-7-11-17-16/h5-6,8-12H,3-4,7H2,1-2H3/t12-/m1/s1. The average Bonchev–Trinajstić information content (AvgIpc) is 2.59. The Kier molecular flexibility index (Phi) is 3.58. The van der Waals surface area contributed by atoms with Gasteiger partial charge < -0.3 is 0 Å². The first-order chi connectivity index (χ1) is 8.24. The Hall–Kier alpha value is -1.63. The summed E-state index contributed by atoms with van der Waals surface area (Å²) in [5.74, 6) is 0.480. The Morgan fingerprint density at radius 2 is 2.18 bits per heavy atom. The average molecular weight is 225 g/mol. The van der Waals surface area contributed by atoms with Crippen LogP contribution >= 0.6 is 0 Å². The maximum absolute atomic E-state index is 4.59. The molecule has 0 aliphatic carbocycles. The van der Waals surface area contributed by atoms with E-state index in [4.69, 9.17) is 0 Å².